The first-order valence-electron chi connectivity index (χ1n) is 7.39. The molecule has 0 aliphatic carbocycles. The predicted molar refractivity (Wildman–Crippen MR) is 86.7 cm³/mol. The van der Waals surface area contributed by atoms with E-state index in [9.17, 15) is 22.4 Å². The maximum Gasteiger partial charge on any atom is 0.435 e. The van der Waals surface area contributed by atoms with Crippen molar-refractivity contribution in [2.45, 2.75) is 12.7 Å². The average Bonchev–Trinajstić information content (AvgIpc) is 3.16. The Kier molecular flexibility index (Phi) is 4.87. The van der Waals surface area contributed by atoms with Gasteiger partial charge >= 0.3 is 6.18 Å². The van der Waals surface area contributed by atoms with Crippen LogP contribution in [0.3, 0.4) is 0 Å². The van der Waals surface area contributed by atoms with E-state index in [0.29, 0.717) is 11.6 Å². The Balaban J connectivity index is 1.72. The summed E-state index contributed by atoms with van der Waals surface area (Å²) in [5, 5.41) is 9.74. The largest absolute Gasteiger partial charge is 0.435 e. The van der Waals surface area contributed by atoms with Crippen LogP contribution in [0.25, 0.3) is 0 Å². The van der Waals surface area contributed by atoms with Crippen LogP contribution in [0.15, 0.2) is 30.6 Å². The Morgan fingerprint density at radius 1 is 1.26 bits per heavy atom. The molecule has 0 radical (unpaired) electrons. The monoisotopic (exact) mass is 402 g/mol. The average molecular weight is 403 g/mol. The number of carbonyl (C=O) groups is 1. The van der Waals surface area contributed by atoms with Crippen LogP contribution in [0.5, 0.6) is 0 Å². The molecule has 2 aromatic heterocycles. The van der Waals surface area contributed by atoms with Crippen LogP contribution in [0.4, 0.5) is 23.5 Å². The number of rotatable bonds is 4. The highest BCUT2D eigenvalue weighted by atomic mass is 35.5. The number of benzene rings is 1. The first-order valence-corrected chi connectivity index (χ1v) is 7.77. The van der Waals surface area contributed by atoms with Crippen molar-refractivity contribution in [2.75, 3.05) is 5.32 Å². The second-order valence-corrected chi connectivity index (χ2v) is 5.90. The van der Waals surface area contributed by atoms with E-state index in [4.69, 9.17) is 11.6 Å². The number of nitrogens with one attached hydrogen (secondary N) is 1. The minimum Gasteiger partial charge on any atom is -0.288 e. The highest BCUT2D eigenvalue weighted by molar-refractivity contribution is 6.31. The summed E-state index contributed by atoms with van der Waals surface area (Å²) in [6.07, 6.45) is -3.37. The van der Waals surface area contributed by atoms with E-state index in [2.05, 4.69) is 20.5 Å². The number of nitrogens with zero attached hydrogens (tertiary/aromatic N) is 5. The Hall–Kier alpha value is -2.95. The van der Waals surface area contributed by atoms with E-state index in [0.717, 1.165) is 10.7 Å². The number of halogens is 5. The molecule has 0 saturated carbocycles. The number of alkyl halides is 3. The van der Waals surface area contributed by atoms with Crippen molar-refractivity contribution in [1.29, 1.82) is 0 Å². The molecule has 27 heavy (non-hydrogen) atoms. The summed E-state index contributed by atoms with van der Waals surface area (Å²) in [5.74, 6) is -1.45. The van der Waals surface area contributed by atoms with Crippen molar-refractivity contribution in [3.8, 4) is 0 Å². The van der Waals surface area contributed by atoms with E-state index >= 15 is 0 Å². The van der Waals surface area contributed by atoms with Gasteiger partial charge in [0.2, 0.25) is 5.95 Å². The number of hydrogen-bond donors (Lipinski definition) is 1. The van der Waals surface area contributed by atoms with Gasteiger partial charge < -0.3 is 0 Å². The summed E-state index contributed by atoms with van der Waals surface area (Å²) in [6.45, 7) is 0.159. The van der Waals surface area contributed by atoms with Gasteiger partial charge in [0.05, 0.1) is 6.54 Å². The number of amides is 1. The first-order chi connectivity index (χ1) is 12.6. The van der Waals surface area contributed by atoms with Crippen molar-refractivity contribution in [3.63, 3.8) is 0 Å². The minimum atomic E-state index is -4.66. The zero-order valence-electron chi connectivity index (χ0n) is 13.6. The summed E-state index contributed by atoms with van der Waals surface area (Å²) in [4.78, 5) is 16.0. The number of anilines is 1. The van der Waals surface area contributed by atoms with E-state index in [1.165, 1.54) is 30.2 Å². The van der Waals surface area contributed by atoms with E-state index in [-0.39, 0.29) is 23.2 Å². The molecule has 7 nitrogen and oxygen atoms in total. The zero-order valence-corrected chi connectivity index (χ0v) is 14.4. The topological polar surface area (TPSA) is 77.6 Å². The smallest absolute Gasteiger partial charge is 0.288 e. The van der Waals surface area contributed by atoms with Gasteiger partial charge in [0.1, 0.15) is 17.8 Å². The summed E-state index contributed by atoms with van der Waals surface area (Å²) in [7, 11) is 1.21. The Bertz CT molecular complexity index is 997. The molecule has 1 amide bonds. The Labute approximate surface area is 154 Å². The van der Waals surface area contributed by atoms with Gasteiger partial charge in [-0.3, -0.25) is 14.8 Å². The maximum atomic E-state index is 13.1. The van der Waals surface area contributed by atoms with Crippen LogP contribution in [0.2, 0.25) is 5.02 Å². The van der Waals surface area contributed by atoms with Crippen molar-refractivity contribution >= 4 is 23.5 Å². The van der Waals surface area contributed by atoms with Crippen molar-refractivity contribution in [3.05, 3.63) is 58.4 Å². The van der Waals surface area contributed by atoms with Crippen molar-refractivity contribution < 1.29 is 22.4 Å². The van der Waals surface area contributed by atoms with Gasteiger partial charge in [-0.2, -0.15) is 18.3 Å². The van der Waals surface area contributed by atoms with Crippen LogP contribution >= 0.6 is 11.6 Å². The molecule has 0 bridgehead atoms. The molecule has 0 saturated heterocycles. The SMILES string of the molecule is Cn1nc(C(F)(F)F)cc1C(=O)Nc1ncn(Cc2ccc(F)cc2Cl)n1. The van der Waals surface area contributed by atoms with Gasteiger partial charge in [0.25, 0.3) is 5.91 Å². The van der Waals surface area contributed by atoms with E-state index in [1.807, 2.05) is 0 Å². The highest BCUT2D eigenvalue weighted by Gasteiger charge is 2.35. The van der Waals surface area contributed by atoms with Crippen LogP contribution in [0.1, 0.15) is 21.7 Å². The third-order valence-corrected chi connectivity index (χ3v) is 3.86. The highest BCUT2D eigenvalue weighted by Crippen LogP contribution is 2.28. The lowest BCUT2D eigenvalue weighted by Gasteiger charge is -2.04. The van der Waals surface area contributed by atoms with Gasteiger partial charge in [-0.05, 0) is 17.7 Å². The molecule has 0 unspecified atom stereocenters. The minimum absolute atomic E-state index is 0.118. The van der Waals surface area contributed by atoms with Gasteiger partial charge in [-0.1, -0.05) is 17.7 Å². The van der Waals surface area contributed by atoms with Gasteiger partial charge in [-0.15, -0.1) is 5.10 Å². The van der Waals surface area contributed by atoms with Crippen LogP contribution < -0.4 is 5.32 Å². The molecule has 142 valence electrons. The zero-order chi connectivity index (χ0) is 19.8. The lowest BCUT2D eigenvalue weighted by molar-refractivity contribution is -0.141. The molecule has 3 rings (SSSR count). The molecule has 0 atom stereocenters. The maximum absolute atomic E-state index is 13.1. The fourth-order valence-corrected chi connectivity index (χ4v) is 2.46. The molecule has 1 N–H and O–H groups in total. The molecule has 0 aliphatic heterocycles. The fraction of sp³-hybridized carbons (Fsp3) is 0.200. The molecule has 2 heterocycles. The van der Waals surface area contributed by atoms with Crippen molar-refractivity contribution in [1.82, 2.24) is 24.5 Å². The predicted octanol–water partition coefficient (Wildman–Crippen LogP) is 3.12. The van der Waals surface area contributed by atoms with Crippen LogP contribution in [0, 0.1) is 5.82 Å². The molecule has 3 aromatic rings. The Morgan fingerprint density at radius 3 is 2.63 bits per heavy atom. The molecule has 0 spiro atoms. The molecule has 12 heteroatoms. The summed E-state index contributed by atoms with van der Waals surface area (Å²) in [6, 6.07) is 4.50. The molecular weight excluding hydrogens is 392 g/mol. The van der Waals surface area contributed by atoms with Gasteiger partial charge in [0.15, 0.2) is 5.69 Å². The molecule has 0 fully saturated rings. The molecule has 0 aliphatic rings. The second-order valence-electron chi connectivity index (χ2n) is 5.49. The quantitative estimate of drug-likeness (QED) is 0.680. The summed E-state index contributed by atoms with van der Waals surface area (Å²) in [5.41, 5.74) is -0.915. The van der Waals surface area contributed by atoms with Crippen LogP contribution in [-0.4, -0.2) is 30.5 Å². The van der Waals surface area contributed by atoms with Gasteiger partial charge in [0, 0.05) is 18.1 Å². The number of hydrogen-bond acceptors (Lipinski definition) is 4. The summed E-state index contributed by atoms with van der Waals surface area (Å²) >= 11 is 5.93. The van der Waals surface area contributed by atoms with Crippen LogP contribution in [-0.2, 0) is 19.8 Å². The lowest BCUT2D eigenvalue weighted by Crippen LogP contribution is -2.17. The normalized spacial score (nSPS) is 11.6. The Morgan fingerprint density at radius 2 is 2.00 bits per heavy atom. The molecular formula is C15H11ClF4N6O. The standard InChI is InChI=1S/C15H11ClF4N6O/c1-25-11(5-12(23-25)15(18,19)20)13(27)22-14-21-7-26(24-14)6-8-2-3-9(17)4-10(8)16/h2-5,7H,6H2,1H3,(H,22,24,27). The second kappa shape index (κ2) is 6.99. The number of aryl methyl sites for hydroxylation is 1. The lowest BCUT2D eigenvalue weighted by atomic mass is 10.2. The van der Waals surface area contributed by atoms with Crippen molar-refractivity contribution in [2.24, 2.45) is 7.05 Å². The third-order valence-electron chi connectivity index (χ3n) is 3.51. The fourth-order valence-electron chi connectivity index (χ4n) is 2.24. The van der Waals surface area contributed by atoms with E-state index in [1.54, 1.807) is 0 Å². The number of carbonyl (C=O) groups excluding carboxylic acids is 1. The van der Waals surface area contributed by atoms with E-state index < -0.39 is 23.6 Å². The third kappa shape index (κ3) is 4.25. The first kappa shape index (κ1) is 18.8. The summed E-state index contributed by atoms with van der Waals surface area (Å²) < 4.78 is 53.2. The molecule has 1 aromatic carbocycles. The number of aromatic nitrogens is 5. The van der Waals surface area contributed by atoms with Gasteiger partial charge in [-0.25, -0.2) is 14.1 Å².